The Labute approximate surface area is 185 Å². The van der Waals surface area contributed by atoms with Gasteiger partial charge in [-0.25, -0.2) is 9.18 Å². The molecule has 2 aromatic carbocycles. The molecule has 1 saturated heterocycles. The van der Waals surface area contributed by atoms with Gasteiger partial charge in [0.15, 0.2) is 6.61 Å². The molecule has 1 aliphatic rings. The Hall–Kier alpha value is -2.84. The number of carbonyl (C=O) groups excluding carboxylic acids is 2. The normalized spacial score (nSPS) is 18.8. The van der Waals surface area contributed by atoms with Crippen molar-refractivity contribution in [1.29, 1.82) is 0 Å². The Morgan fingerprint density at radius 2 is 2.07 bits per heavy atom. The quantitative estimate of drug-likeness (QED) is 0.725. The lowest BCUT2D eigenvalue weighted by Crippen LogP contribution is -2.54. The number of nitrogens with zero attached hydrogens (tertiary/aromatic N) is 2. The van der Waals surface area contributed by atoms with Gasteiger partial charge in [0, 0.05) is 37.2 Å². The van der Waals surface area contributed by atoms with Crippen molar-refractivity contribution in [3.8, 4) is 5.75 Å². The number of urea groups is 1. The van der Waals surface area contributed by atoms with Gasteiger partial charge >= 0.3 is 6.03 Å². The van der Waals surface area contributed by atoms with Crippen LogP contribution >= 0.6 is 11.6 Å². The molecule has 3 amide bonds. The minimum Gasteiger partial charge on any atom is -0.482 e. The fraction of sp³-hybridized carbons (Fsp3) is 0.333. The van der Waals surface area contributed by atoms with Crippen LogP contribution in [0.4, 0.5) is 14.9 Å². The second kappa shape index (κ2) is 9.77. The summed E-state index contributed by atoms with van der Waals surface area (Å²) in [7, 11) is 0. The molecule has 0 radical (unpaired) electrons. The van der Waals surface area contributed by atoms with Crippen LogP contribution in [-0.4, -0.2) is 54.0 Å². The van der Waals surface area contributed by atoms with E-state index in [0.717, 1.165) is 0 Å². The summed E-state index contributed by atoms with van der Waals surface area (Å²) in [6.45, 7) is 2.84. The molecule has 0 saturated carbocycles. The van der Waals surface area contributed by atoms with Gasteiger partial charge in [0.25, 0.3) is 5.91 Å². The minimum atomic E-state index is -1.17. The first-order valence-corrected chi connectivity index (χ1v) is 9.62. The summed E-state index contributed by atoms with van der Waals surface area (Å²) in [4.78, 5) is 27.5. The van der Waals surface area contributed by atoms with Crippen LogP contribution in [0.3, 0.4) is 0 Å². The second-order valence-electron chi connectivity index (χ2n) is 6.88. The number of anilines is 1. The van der Waals surface area contributed by atoms with E-state index in [1.54, 1.807) is 11.0 Å². The molecule has 1 heterocycles. The number of hydrogen-bond acceptors (Lipinski definition) is 4. The number of amides is 3. The van der Waals surface area contributed by atoms with Crippen LogP contribution in [0, 0.1) is 5.82 Å². The van der Waals surface area contributed by atoms with Crippen molar-refractivity contribution in [1.82, 2.24) is 9.80 Å². The van der Waals surface area contributed by atoms with Crippen molar-refractivity contribution >= 4 is 29.2 Å². The lowest BCUT2D eigenvalue weighted by Gasteiger charge is -2.39. The van der Waals surface area contributed by atoms with E-state index in [9.17, 15) is 14.0 Å². The molecule has 160 valence electrons. The number of primary amides is 1. The Morgan fingerprint density at radius 1 is 1.33 bits per heavy atom. The first-order chi connectivity index (χ1) is 16.0. The predicted octanol–water partition coefficient (Wildman–Crippen LogP) is 3.08. The number of piperazine rings is 1. The Bertz CT molecular complexity index is 1090. The van der Waals surface area contributed by atoms with Crippen molar-refractivity contribution in [3.05, 3.63) is 58.8 Å². The van der Waals surface area contributed by atoms with Crippen molar-refractivity contribution in [2.75, 3.05) is 31.6 Å². The van der Waals surface area contributed by atoms with Crippen LogP contribution in [0.5, 0.6) is 5.75 Å². The first kappa shape index (κ1) is 16.9. The number of nitrogens with two attached hydrogens (primary N) is 1. The maximum Gasteiger partial charge on any atom is 0.316 e. The molecule has 2 aromatic rings. The van der Waals surface area contributed by atoms with E-state index in [0.29, 0.717) is 24.7 Å². The van der Waals surface area contributed by atoms with Gasteiger partial charge in [-0.2, -0.15) is 0 Å². The highest BCUT2D eigenvalue weighted by Gasteiger charge is 2.27. The Balaban J connectivity index is 1.62. The molecular weight excluding hydrogens is 411 g/mol. The maximum atomic E-state index is 13.8. The van der Waals surface area contributed by atoms with E-state index in [1.807, 2.05) is 11.8 Å². The Morgan fingerprint density at radius 3 is 2.73 bits per heavy atom. The average molecular weight is 439 g/mol. The SMILES string of the molecule is [2H]c1c([2H])c(CN2CCN(C(=O)COc3ccc(Cl)cc3NC(N)=O)[C@H](C)C2)c([2H])c([2H])c1F. The highest BCUT2D eigenvalue weighted by Crippen LogP contribution is 2.28. The molecular formula is C21H24ClFN4O3. The number of ether oxygens (including phenoxy) is 1. The molecule has 1 fully saturated rings. The summed E-state index contributed by atoms with van der Waals surface area (Å²) in [5, 5.41) is 2.75. The molecule has 30 heavy (non-hydrogen) atoms. The van der Waals surface area contributed by atoms with Crippen LogP contribution in [0.2, 0.25) is 5.02 Å². The second-order valence-corrected chi connectivity index (χ2v) is 7.32. The molecule has 0 unspecified atom stereocenters. The summed E-state index contributed by atoms with van der Waals surface area (Å²) in [6.07, 6.45) is 0. The highest BCUT2D eigenvalue weighted by molar-refractivity contribution is 6.31. The third-order valence-corrected chi connectivity index (χ3v) is 4.85. The van der Waals surface area contributed by atoms with E-state index in [1.165, 1.54) is 12.1 Å². The topological polar surface area (TPSA) is 87.9 Å². The molecule has 0 aromatic heterocycles. The number of nitrogens with one attached hydrogen (secondary N) is 1. The number of rotatable bonds is 6. The van der Waals surface area contributed by atoms with Crippen molar-refractivity contribution < 1.29 is 24.2 Å². The van der Waals surface area contributed by atoms with Gasteiger partial charge in [-0.15, -0.1) is 0 Å². The van der Waals surface area contributed by atoms with Gasteiger partial charge in [-0.3, -0.25) is 9.69 Å². The van der Waals surface area contributed by atoms with Crippen LogP contribution in [0.25, 0.3) is 0 Å². The molecule has 0 spiro atoms. The molecule has 1 atom stereocenters. The largest absolute Gasteiger partial charge is 0.482 e. The Kier molecular flexibility index (Phi) is 5.51. The zero-order valence-electron chi connectivity index (χ0n) is 20.3. The third-order valence-electron chi connectivity index (χ3n) is 4.61. The molecule has 0 bridgehead atoms. The number of hydrogen-bond donors (Lipinski definition) is 2. The first-order valence-electron chi connectivity index (χ1n) is 11.2. The maximum absolute atomic E-state index is 13.8. The molecule has 9 heteroatoms. The third kappa shape index (κ3) is 5.84. The van der Waals surface area contributed by atoms with Gasteiger partial charge in [0.1, 0.15) is 11.6 Å². The monoisotopic (exact) mass is 438 g/mol. The van der Waals surface area contributed by atoms with Crippen molar-refractivity contribution in [2.24, 2.45) is 5.73 Å². The highest BCUT2D eigenvalue weighted by atomic mass is 35.5. The summed E-state index contributed by atoms with van der Waals surface area (Å²) in [5.41, 5.74) is 5.51. The number of carbonyl (C=O) groups is 2. The van der Waals surface area contributed by atoms with E-state index in [-0.39, 0.29) is 42.1 Å². The number of benzene rings is 2. The summed E-state index contributed by atoms with van der Waals surface area (Å²) < 4.78 is 50.7. The van der Waals surface area contributed by atoms with Gasteiger partial charge in [-0.05, 0) is 42.8 Å². The van der Waals surface area contributed by atoms with Gasteiger partial charge < -0.3 is 20.7 Å². The summed E-state index contributed by atoms with van der Waals surface area (Å²) >= 11 is 5.93. The van der Waals surface area contributed by atoms with Crippen molar-refractivity contribution in [2.45, 2.75) is 19.5 Å². The van der Waals surface area contributed by atoms with Gasteiger partial charge in [-0.1, -0.05) is 23.7 Å². The zero-order chi connectivity index (χ0) is 25.2. The summed E-state index contributed by atoms with van der Waals surface area (Å²) in [5.74, 6) is -1.21. The van der Waals surface area contributed by atoms with Crippen molar-refractivity contribution in [3.63, 3.8) is 0 Å². The zero-order valence-corrected chi connectivity index (χ0v) is 17.1. The standard InChI is InChI=1S/C21H24ClFN4O3/c1-14-11-26(12-15-2-5-17(23)6-3-15)8-9-27(14)20(28)13-30-19-7-4-16(22)10-18(19)25-21(24)29/h2-7,10,14H,8-9,11-13H2,1H3,(H3,24,25,29)/t14-/m1/s1/i2D,3D,5D,6D. The van der Waals surface area contributed by atoms with Gasteiger partial charge in [0.05, 0.1) is 11.2 Å². The van der Waals surface area contributed by atoms with E-state index >= 15 is 0 Å². The fourth-order valence-electron chi connectivity index (χ4n) is 3.25. The van der Waals surface area contributed by atoms with Crippen LogP contribution in [0.15, 0.2) is 42.4 Å². The van der Waals surface area contributed by atoms with E-state index in [2.05, 4.69) is 5.32 Å². The number of halogens is 2. The molecule has 1 aliphatic heterocycles. The lowest BCUT2D eigenvalue weighted by molar-refractivity contribution is -0.137. The van der Waals surface area contributed by atoms with Crippen LogP contribution in [0.1, 0.15) is 18.0 Å². The fourth-order valence-corrected chi connectivity index (χ4v) is 3.43. The summed E-state index contributed by atoms with van der Waals surface area (Å²) in [6, 6.07) is 1.31. The van der Waals surface area contributed by atoms with Crippen LogP contribution < -0.4 is 15.8 Å². The minimum absolute atomic E-state index is 0.103. The molecule has 3 rings (SSSR count). The van der Waals surface area contributed by atoms with Gasteiger partial charge in [0.2, 0.25) is 0 Å². The molecule has 3 N–H and O–H groups in total. The predicted molar refractivity (Wildman–Crippen MR) is 113 cm³/mol. The molecule has 7 nitrogen and oxygen atoms in total. The van der Waals surface area contributed by atoms with Crippen LogP contribution in [-0.2, 0) is 11.3 Å². The molecule has 0 aliphatic carbocycles. The lowest BCUT2D eigenvalue weighted by atomic mass is 10.1. The van der Waals surface area contributed by atoms with E-state index in [4.69, 9.17) is 27.6 Å². The average Bonchev–Trinajstić information content (AvgIpc) is 2.78. The van der Waals surface area contributed by atoms with E-state index < -0.39 is 36.0 Å². The smallest absolute Gasteiger partial charge is 0.316 e.